The first-order chi connectivity index (χ1) is 7.13. The molecule has 0 aliphatic heterocycles. The summed E-state index contributed by atoms with van der Waals surface area (Å²) in [7, 11) is 0. The molecule has 0 radical (unpaired) electrons. The van der Waals surface area contributed by atoms with Crippen LogP contribution in [0.2, 0.25) is 0 Å². The highest BCUT2D eigenvalue weighted by atomic mass is 79.9. The highest BCUT2D eigenvalue weighted by Crippen LogP contribution is 2.18. The van der Waals surface area contributed by atoms with Crippen molar-refractivity contribution in [1.82, 2.24) is 0 Å². The molecule has 0 spiro atoms. The van der Waals surface area contributed by atoms with Crippen molar-refractivity contribution in [2.24, 2.45) is 0 Å². The fourth-order valence-corrected chi connectivity index (χ4v) is 1.87. The molecule has 0 nitrogen and oxygen atoms in total. The standard InChI is InChI=1S/C12H13BrClF/c1-9(3-2-6-14)7-10-8-11(13)4-5-12(10)15/h3-5,8H,2,6-7H2,1H3. The summed E-state index contributed by atoms with van der Waals surface area (Å²) in [5.74, 6) is 0.454. The van der Waals surface area contributed by atoms with Crippen molar-refractivity contribution in [1.29, 1.82) is 0 Å². The minimum Gasteiger partial charge on any atom is -0.207 e. The van der Waals surface area contributed by atoms with Crippen LogP contribution in [0.15, 0.2) is 34.3 Å². The number of hydrogen-bond acceptors (Lipinski definition) is 0. The Labute approximate surface area is 103 Å². The molecule has 0 heterocycles. The molecular weight excluding hydrogens is 278 g/mol. The average Bonchev–Trinajstić information content (AvgIpc) is 2.20. The van der Waals surface area contributed by atoms with Gasteiger partial charge in [-0.25, -0.2) is 4.39 Å². The van der Waals surface area contributed by atoms with Crippen molar-refractivity contribution in [2.45, 2.75) is 19.8 Å². The van der Waals surface area contributed by atoms with Gasteiger partial charge in [-0.05, 0) is 43.5 Å². The molecule has 0 saturated carbocycles. The highest BCUT2D eigenvalue weighted by Gasteiger charge is 2.03. The van der Waals surface area contributed by atoms with Gasteiger partial charge in [0.25, 0.3) is 0 Å². The van der Waals surface area contributed by atoms with E-state index >= 15 is 0 Å². The Kier molecular flexibility index (Phi) is 5.34. The third kappa shape index (κ3) is 4.35. The van der Waals surface area contributed by atoms with Gasteiger partial charge in [0.2, 0.25) is 0 Å². The smallest absolute Gasteiger partial charge is 0.126 e. The van der Waals surface area contributed by atoms with Gasteiger partial charge in [0.1, 0.15) is 5.82 Å². The van der Waals surface area contributed by atoms with Crippen LogP contribution in [0, 0.1) is 5.82 Å². The molecule has 1 aromatic rings. The Morgan fingerprint density at radius 1 is 1.53 bits per heavy atom. The largest absolute Gasteiger partial charge is 0.207 e. The minimum atomic E-state index is -0.156. The summed E-state index contributed by atoms with van der Waals surface area (Å²) in [6, 6.07) is 5.00. The van der Waals surface area contributed by atoms with Crippen LogP contribution in [-0.4, -0.2) is 5.88 Å². The van der Waals surface area contributed by atoms with E-state index in [-0.39, 0.29) is 5.82 Å². The van der Waals surface area contributed by atoms with Crippen molar-refractivity contribution in [2.75, 3.05) is 5.88 Å². The summed E-state index contributed by atoms with van der Waals surface area (Å²) in [6.45, 7) is 1.99. The van der Waals surface area contributed by atoms with Crippen molar-refractivity contribution >= 4 is 27.5 Å². The number of allylic oxidation sites excluding steroid dienone is 2. The van der Waals surface area contributed by atoms with Gasteiger partial charge in [0.05, 0.1) is 0 Å². The second-order valence-corrected chi connectivity index (χ2v) is 4.73. The summed E-state index contributed by atoms with van der Waals surface area (Å²) < 4.78 is 14.3. The molecule has 0 bridgehead atoms. The predicted octanol–water partition coefficient (Wildman–Crippen LogP) is 4.71. The Hall–Kier alpha value is -0.340. The summed E-state index contributed by atoms with van der Waals surface area (Å²) in [5.41, 5.74) is 1.86. The fourth-order valence-electron chi connectivity index (χ4n) is 1.35. The highest BCUT2D eigenvalue weighted by molar-refractivity contribution is 9.10. The number of hydrogen-bond donors (Lipinski definition) is 0. The maximum absolute atomic E-state index is 13.4. The number of halogens is 3. The normalized spacial score (nSPS) is 11.9. The topological polar surface area (TPSA) is 0 Å². The molecule has 0 saturated heterocycles. The van der Waals surface area contributed by atoms with Gasteiger partial charge in [-0.2, -0.15) is 0 Å². The van der Waals surface area contributed by atoms with Crippen LogP contribution in [0.3, 0.4) is 0 Å². The first-order valence-electron chi connectivity index (χ1n) is 4.79. The van der Waals surface area contributed by atoms with E-state index in [2.05, 4.69) is 15.9 Å². The van der Waals surface area contributed by atoms with Gasteiger partial charge in [-0.15, -0.1) is 11.6 Å². The second-order valence-electron chi connectivity index (χ2n) is 3.44. The molecule has 0 fully saturated rings. The first kappa shape index (κ1) is 12.7. The second kappa shape index (κ2) is 6.29. The molecule has 0 aliphatic rings. The zero-order chi connectivity index (χ0) is 11.3. The molecule has 0 amide bonds. The van der Waals surface area contributed by atoms with E-state index in [1.807, 2.05) is 19.1 Å². The molecule has 0 atom stereocenters. The van der Waals surface area contributed by atoms with Crippen molar-refractivity contribution in [3.63, 3.8) is 0 Å². The van der Waals surface area contributed by atoms with Gasteiger partial charge < -0.3 is 0 Å². The van der Waals surface area contributed by atoms with E-state index < -0.39 is 0 Å². The zero-order valence-electron chi connectivity index (χ0n) is 8.56. The van der Waals surface area contributed by atoms with Crippen molar-refractivity contribution in [3.05, 3.63) is 45.7 Å². The molecule has 0 N–H and O–H groups in total. The van der Waals surface area contributed by atoms with Gasteiger partial charge >= 0.3 is 0 Å². The molecule has 0 unspecified atom stereocenters. The Balaban J connectivity index is 2.75. The van der Waals surface area contributed by atoms with Gasteiger partial charge in [0, 0.05) is 10.4 Å². The van der Waals surface area contributed by atoms with E-state index in [9.17, 15) is 4.39 Å². The van der Waals surface area contributed by atoms with Crippen molar-refractivity contribution < 1.29 is 4.39 Å². The fraction of sp³-hybridized carbons (Fsp3) is 0.333. The lowest BCUT2D eigenvalue weighted by molar-refractivity contribution is 0.613. The minimum absolute atomic E-state index is 0.156. The lowest BCUT2D eigenvalue weighted by atomic mass is 10.1. The zero-order valence-corrected chi connectivity index (χ0v) is 10.9. The van der Waals surface area contributed by atoms with Crippen molar-refractivity contribution in [3.8, 4) is 0 Å². The van der Waals surface area contributed by atoms with Crippen LogP contribution in [0.5, 0.6) is 0 Å². The maximum Gasteiger partial charge on any atom is 0.126 e. The van der Waals surface area contributed by atoms with Crippen LogP contribution in [0.4, 0.5) is 4.39 Å². The Morgan fingerprint density at radius 3 is 2.93 bits per heavy atom. The molecule has 1 aromatic carbocycles. The molecule has 3 heteroatoms. The third-order valence-corrected chi connectivity index (χ3v) is 2.79. The van der Waals surface area contributed by atoms with Crippen LogP contribution >= 0.6 is 27.5 Å². The summed E-state index contributed by atoms with van der Waals surface area (Å²) in [6.07, 6.45) is 3.53. The van der Waals surface area contributed by atoms with Gasteiger partial charge in [0.15, 0.2) is 0 Å². The van der Waals surface area contributed by atoms with E-state index in [1.165, 1.54) is 6.07 Å². The molecule has 0 aliphatic carbocycles. The van der Waals surface area contributed by atoms with E-state index in [1.54, 1.807) is 6.07 Å². The lowest BCUT2D eigenvalue weighted by Crippen LogP contribution is -1.92. The number of rotatable bonds is 4. The molecule has 15 heavy (non-hydrogen) atoms. The van der Waals surface area contributed by atoms with Gasteiger partial charge in [-0.1, -0.05) is 27.6 Å². The van der Waals surface area contributed by atoms with E-state index in [0.29, 0.717) is 17.9 Å². The summed E-state index contributed by atoms with van der Waals surface area (Å²) >= 11 is 8.91. The lowest BCUT2D eigenvalue weighted by Gasteiger charge is -2.04. The SMILES string of the molecule is CC(=CCCCl)Cc1cc(Br)ccc1F. The van der Waals surface area contributed by atoms with Crippen LogP contribution in [0.1, 0.15) is 18.9 Å². The van der Waals surface area contributed by atoms with E-state index in [0.717, 1.165) is 16.5 Å². The molecule has 82 valence electrons. The molecule has 0 aromatic heterocycles. The monoisotopic (exact) mass is 290 g/mol. The molecule has 1 rings (SSSR count). The summed E-state index contributed by atoms with van der Waals surface area (Å²) in [4.78, 5) is 0. The quantitative estimate of drug-likeness (QED) is 0.557. The van der Waals surface area contributed by atoms with Crippen LogP contribution in [0.25, 0.3) is 0 Å². The van der Waals surface area contributed by atoms with Crippen LogP contribution < -0.4 is 0 Å². The Morgan fingerprint density at radius 2 is 2.27 bits per heavy atom. The average molecular weight is 292 g/mol. The molecular formula is C12H13BrClF. The number of alkyl halides is 1. The number of benzene rings is 1. The predicted molar refractivity (Wildman–Crippen MR) is 66.9 cm³/mol. The van der Waals surface area contributed by atoms with Gasteiger partial charge in [-0.3, -0.25) is 0 Å². The third-order valence-electron chi connectivity index (χ3n) is 2.08. The Bertz CT molecular complexity index is 361. The van der Waals surface area contributed by atoms with Crippen LogP contribution in [-0.2, 0) is 6.42 Å². The maximum atomic E-state index is 13.4. The summed E-state index contributed by atoms with van der Waals surface area (Å²) in [5, 5.41) is 0. The first-order valence-corrected chi connectivity index (χ1v) is 6.11. The van der Waals surface area contributed by atoms with E-state index in [4.69, 9.17) is 11.6 Å².